The van der Waals surface area contributed by atoms with Gasteiger partial charge in [0.1, 0.15) is 11.6 Å². The van der Waals surface area contributed by atoms with E-state index in [-0.39, 0.29) is 17.5 Å². The lowest BCUT2D eigenvalue weighted by Gasteiger charge is -2.05. The summed E-state index contributed by atoms with van der Waals surface area (Å²) in [6, 6.07) is 13.3. The Bertz CT molecular complexity index is 1020. The van der Waals surface area contributed by atoms with Crippen LogP contribution in [0.5, 0.6) is 0 Å². The third kappa shape index (κ3) is 4.79. The topological polar surface area (TPSA) is 64.0 Å². The Morgan fingerprint density at radius 2 is 1.79 bits per heavy atom. The monoisotopic (exact) mass is 377 g/mol. The lowest BCUT2D eigenvalue weighted by atomic mass is 10.1. The molecule has 0 saturated heterocycles. The summed E-state index contributed by atoms with van der Waals surface area (Å²) in [4.78, 5) is 23.4. The molecule has 2 aromatic carbocycles. The minimum Gasteiger partial charge on any atom is -0.323 e. The molecule has 6 heteroatoms. The molecule has 1 heterocycles. The van der Waals surface area contributed by atoms with Crippen LogP contribution in [-0.4, -0.2) is 21.5 Å². The predicted octanol–water partition coefficient (Wildman–Crippen LogP) is 4.01. The minimum atomic E-state index is -0.309. The number of Topliss-reactive ketones (excluding diaryl/α,β-unsaturated/α-hetero) is 1. The number of halogens is 1. The van der Waals surface area contributed by atoms with Crippen molar-refractivity contribution in [1.82, 2.24) is 9.78 Å². The van der Waals surface area contributed by atoms with Gasteiger partial charge in [0.25, 0.3) is 0 Å². The molecule has 0 aliphatic carbocycles. The third-order valence-corrected chi connectivity index (χ3v) is 4.17. The molecule has 0 unspecified atom stereocenters. The summed E-state index contributed by atoms with van der Waals surface area (Å²) < 4.78 is 14.9. The summed E-state index contributed by atoms with van der Waals surface area (Å²) in [6.45, 7) is 1.54. The summed E-state index contributed by atoms with van der Waals surface area (Å²) in [5.41, 5.74) is 3.90. The van der Waals surface area contributed by atoms with Crippen molar-refractivity contribution >= 4 is 23.5 Å². The van der Waals surface area contributed by atoms with Gasteiger partial charge in [-0.05, 0) is 55.0 Å². The number of nitrogens with zero attached hydrogens (tertiary/aromatic N) is 2. The highest BCUT2D eigenvalue weighted by Crippen LogP contribution is 2.24. The van der Waals surface area contributed by atoms with Gasteiger partial charge in [0.2, 0.25) is 5.91 Å². The van der Waals surface area contributed by atoms with E-state index >= 15 is 0 Å². The molecule has 0 radical (unpaired) electrons. The zero-order valence-corrected chi connectivity index (χ0v) is 15.6. The van der Waals surface area contributed by atoms with Gasteiger partial charge in [-0.2, -0.15) is 5.10 Å². The van der Waals surface area contributed by atoms with Crippen molar-refractivity contribution in [3.05, 3.63) is 77.7 Å². The highest BCUT2D eigenvalue weighted by atomic mass is 19.1. The Kier molecular flexibility index (Phi) is 5.79. The highest BCUT2D eigenvalue weighted by Gasteiger charge is 2.09. The molecule has 3 aromatic rings. The van der Waals surface area contributed by atoms with Crippen molar-refractivity contribution < 1.29 is 14.0 Å². The van der Waals surface area contributed by atoms with Crippen LogP contribution in [0.4, 0.5) is 10.1 Å². The number of hydrogen-bond donors (Lipinski definition) is 1. The zero-order chi connectivity index (χ0) is 20.1. The van der Waals surface area contributed by atoms with Gasteiger partial charge in [0.15, 0.2) is 0 Å². The summed E-state index contributed by atoms with van der Waals surface area (Å²) in [5.74, 6) is -0.502. The van der Waals surface area contributed by atoms with E-state index in [2.05, 4.69) is 10.4 Å². The number of benzene rings is 2. The van der Waals surface area contributed by atoms with Gasteiger partial charge < -0.3 is 5.32 Å². The molecule has 0 saturated carbocycles. The third-order valence-electron chi connectivity index (χ3n) is 4.17. The molecule has 0 atom stereocenters. The van der Waals surface area contributed by atoms with E-state index in [1.807, 2.05) is 12.1 Å². The number of hydrogen-bond acceptors (Lipinski definition) is 3. The molecule has 3 rings (SSSR count). The molecule has 142 valence electrons. The molecule has 0 aliphatic heterocycles. The van der Waals surface area contributed by atoms with Gasteiger partial charge >= 0.3 is 0 Å². The van der Waals surface area contributed by atoms with E-state index in [0.29, 0.717) is 12.1 Å². The van der Waals surface area contributed by atoms with Crippen LogP contribution in [0.25, 0.3) is 17.3 Å². The first-order chi connectivity index (χ1) is 13.4. The van der Waals surface area contributed by atoms with Crippen LogP contribution in [0.1, 0.15) is 18.1 Å². The summed E-state index contributed by atoms with van der Waals surface area (Å²) in [7, 11) is 1.79. The number of ketones is 1. The van der Waals surface area contributed by atoms with Crippen LogP contribution < -0.4 is 5.32 Å². The molecule has 1 N–H and O–H groups in total. The average Bonchev–Trinajstić information content (AvgIpc) is 3.02. The van der Waals surface area contributed by atoms with Gasteiger partial charge in [-0.15, -0.1) is 0 Å². The van der Waals surface area contributed by atoms with Crippen molar-refractivity contribution in [2.24, 2.45) is 7.05 Å². The zero-order valence-electron chi connectivity index (χ0n) is 15.6. The fraction of sp³-hybridized carbons (Fsp3) is 0.136. The number of carbonyl (C=O) groups excluding carboxylic acids is 2. The van der Waals surface area contributed by atoms with Crippen LogP contribution in [0.2, 0.25) is 0 Å². The Balaban J connectivity index is 1.71. The maximum absolute atomic E-state index is 13.2. The molecule has 5 nitrogen and oxygen atoms in total. The van der Waals surface area contributed by atoms with Gasteiger partial charge in [0, 0.05) is 36.4 Å². The van der Waals surface area contributed by atoms with E-state index in [9.17, 15) is 14.0 Å². The maximum atomic E-state index is 13.2. The maximum Gasteiger partial charge on any atom is 0.248 e. The Morgan fingerprint density at radius 1 is 1.11 bits per heavy atom. The normalized spacial score (nSPS) is 11.0. The Hall–Kier alpha value is -3.54. The second-order valence-corrected chi connectivity index (χ2v) is 6.48. The van der Waals surface area contributed by atoms with Crippen molar-refractivity contribution in [3.8, 4) is 11.3 Å². The predicted molar refractivity (Wildman–Crippen MR) is 107 cm³/mol. The molecular weight excluding hydrogens is 357 g/mol. The van der Waals surface area contributed by atoms with Gasteiger partial charge in [-0.25, -0.2) is 4.39 Å². The fourth-order valence-corrected chi connectivity index (χ4v) is 2.88. The number of nitrogens with one attached hydrogen (secondary N) is 1. The molecule has 0 aliphatic rings. The van der Waals surface area contributed by atoms with Crippen LogP contribution in [0, 0.1) is 5.82 Å². The molecule has 0 fully saturated rings. The summed E-state index contributed by atoms with van der Waals surface area (Å²) in [6.07, 6.45) is 5.12. The first kappa shape index (κ1) is 19.2. The number of aryl methyl sites for hydroxylation is 1. The molecule has 1 amide bonds. The van der Waals surface area contributed by atoms with Crippen molar-refractivity contribution in [2.45, 2.75) is 13.3 Å². The largest absolute Gasteiger partial charge is 0.323 e. The van der Waals surface area contributed by atoms with Gasteiger partial charge in [0.05, 0.1) is 11.9 Å². The van der Waals surface area contributed by atoms with Crippen LogP contribution in [-0.2, 0) is 23.1 Å². The molecule has 0 bridgehead atoms. The summed E-state index contributed by atoms with van der Waals surface area (Å²) in [5, 5.41) is 7.00. The van der Waals surface area contributed by atoms with Crippen molar-refractivity contribution in [1.29, 1.82) is 0 Å². The minimum absolute atomic E-state index is 0.0909. The second kappa shape index (κ2) is 8.43. The lowest BCUT2D eigenvalue weighted by molar-refractivity contribution is -0.116. The van der Waals surface area contributed by atoms with E-state index in [1.54, 1.807) is 55.2 Å². The van der Waals surface area contributed by atoms with Gasteiger partial charge in [-0.3, -0.25) is 14.3 Å². The van der Waals surface area contributed by atoms with Crippen molar-refractivity contribution in [2.75, 3.05) is 5.32 Å². The number of carbonyl (C=O) groups is 2. The highest BCUT2D eigenvalue weighted by molar-refractivity contribution is 6.02. The number of amides is 1. The summed E-state index contributed by atoms with van der Waals surface area (Å²) >= 11 is 0. The van der Waals surface area contributed by atoms with E-state index in [4.69, 9.17) is 0 Å². The number of anilines is 1. The smallest absolute Gasteiger partial charge is 0.248 e. The SMILES string of the molecule is CC(=O)Cc1ccc(NC(=O)C=Cc2cnn(C)c2-c2ccc(F)cc2)cc1. The molecule has 28 heavy (non-hydrogen) atoms. The Labute approximate surface area is 162 Å². The number of aromatic nitrogens is 2. The van der Waals surface area contributed by atoms with Crippen molar-refractivity contribution in [3.63, 3.8) is 0 Å². The fourth-order valence-electron chi connectivity index (χ4n) is 2.88. The molecule has 1 aromatic heterocycles. The van der Waals surface area contributed by atoms with E-state index in [1.165, 1.54) is 18.2 Å². The quantitative estimate of drug-likeness (QED) is 0.660. The standard InChI is InChI=1S/C22H20FN3O2/c1-15(27)13-16-3-10-20(11-4-16)25-21(28)12-7-18-14-24-26(2)22(18)17-5-8-19(23)9-6-17/h3-12,14H,13H2,1-2H3,(H,25,28). The van der Waals surface area contributed by atoms with Crippen LogP contribution >= 0.6 is 0 Å². The molecular formula is C22H20FN3O2. The molecule has 0 spiro atoms. The Morgan fingerprint density at radius 3 is 2.43 bits per heavy atom. The first-order valence-electron chi connectivity index (χ1n) is 8.78. The van der Waals surface area contributed by atoms with E-state index in [0.717, 1.165) is 22.4 Å². The van der Waals surface area contributed by atoms with Crippen LogP contribution in [0.15, 0.2) is 60.8 Å². The first-order valence-corrected chi connectivity index (χ1v) is 8.78. The lowest BCUT2D eigenvalue weighted by Crippen LogP contribution is -2.07. The van der Waals surface area contributed by atoms with Gasteiger partial charge in [-0.1, -0.05) is 12.1 Å². The average molecular weight is 377 g/mol. The van der Waals surface area contributed by atoms with Crippen LogP contribution in [0.3, 0.4) is 0 Å². The second-order valence-electron chi connectivity index (χ2n) is 6.48. The van der Waals surface area contributed by atoms with E-state index < -0.39 is 0 Å². The number of rotatable bonds is 6.